The van der Waals surface area contributed by atoms with E-state index in [1.165, 1.54) is 11.0 Å². The standard InChI is InChI=1S/C11H11F2NO2/c1-11(16)5-14(6-11)10(15)9-7(12)3-2-4-8(9)13/h2-4,16H,5-6H2,1H3. The molecule has 1 aromatic carbocycles. The van der Waals surface area contributed by atoms with Gasteiger partial charge >= 0.3 is 0 Å². The normalized spacial score (nSPS) is 18.1. The zero-order valence-corrected chi connectivity index (χ0v) is 8.70. The number of halogens is 2. The van der Waals surface area contributed by atoms with Gasteiger partial charge in [0.1, 0.15) is 17.2 Å². The number of hydrogen-bond donors (Lipinski definition) is 1. The van der Waals surface area contributed by atoms with Gasteiger partial charge in [-0.25, -0.2) is 8.78 Å². The second-order valence-electron chi connectivity index (χ2n) is 4.25. The van der Waals surface area contributed by atoms with Crippen LogP contribution >= 0.6 is 0 Å². The molecule has 0 saturated carbocycles. The molecule has 1 fully saturated rings. The van der Waals surface area contributed by atoms with Gasteiger partial charge in [-0.05, 0) is 19.1 Å². The Morgan fingerprint density at radius 2 is 1.88 bits per heavy atom. The lowest BCUT2D eigenvalue weighted by molar-refractivity contribution is -0.0671. The number of rotatable bonds is 1. The maximum Gasteiger partial charge on any atom is 0.260 e. The minimum atomic E-state index is -0.947. The Morgan fingerprint density at radius 3 is 2.31 bits per heavy atom. The van der Waals surface area contributed by atoms with Crippen LogP contribution in [0.15, 0.2) is 18.2 Å². The molecule has 0 atom stereocenters. The highest BCUT2D eigenvalue weighted by atomic mass is 19.1. The van der Waals surface area contributed by atoms with E-state index in [1.807, 2.05) is 0 Å². The fraction of sp³-hybridized carbons (Fsp3) is 0.364. The molecule has 5 heteroatoms. The third-order valence-electron chi connectivity index (χ3n) is 2.53. The van der Waals surface area contributed by atoms with Crippen molar-refractivity contribution in [3.63, 3.8) is 0 Å². The number of benzene rings is 1. The third kappa shape index (κ3) is 1.78. The molecule has 1 N–H and O–H groups in total. The number of carbonyl (C=O) groups is 1. The zero-order valence-electron chi connectivity index (χ0n) is 8.70. The van der Waals surface area contributed by atoms with Gasteiger partial charge in [-0.3, -0.25) is 4.79 Å². The molecule has 0 spiro atoms. The minimum absolute atomic E-state index is 0.0968. The van der Waals surface area contributed by atoms with Crippen molar-refractivity contribution in [2.75, 3.05) is 13.1 Å². The van der Waals surface area contributed by atoms with E-state index in [1.54, 1.807) is 6.92 Å². The lowest BCUT2D eigenvalue weighted by atomic mass is 9.96. The molecule has 1 aliphatic heterocycles. The Hall–Kier alpha value is -1.49. The summed E-state index contributed by atoms with van der Waals surface area (Å²) in [4.78, 5) is 12.9. The van der Waals surface area contributed by atoms with Crippen molar-refractivity contribution in [1.29, 1.82) is 0 Å². The minimum Gasteiger partial charge on any atom is -0.386 e. The van der Waals surface area contributed by atoms with Gasteiger partial charge in [0.15, 0.2) is 0 Å². The molecule has 0 aromatic heterocycles. The van der Waals surface area contributed by atoms with Crippen LogP contribution in [0.1, 0.15) is 17.3 Å². The molecule has 1 heterocycles. The Morgan fingerprint density at radius 1 is 1.38 bits per heavy atom. The average molecular weight is 227 g/mol. The van der Waals surface area contributed by atoms with E-state index >= 15 is 0 Å². The molecule has 16 heavy (non-hydrogen) atoms. The number of β-amino-alcohol motifs (C(OH)–C–C–N with tert-alkyl or cyclic N) is 1. The van der Waals surface area contributed by atoms with Crippen molar-refractivity contribution in [3.8, 4) is 0 Å². The molecule has 1 amide bonds. The predicted molar refractivity (Wildman–Crippen MR) is 52.9 cm³/mol. The second-order valence-corrected chi connectivity index (χ2v) is 4.25. The molecule has 3 nitrogen and oxygen atoms in total. The molecule has 0 aliphatic carbocycles. The quantitative estimate of drug-likeness (QED) is 0.782. The van der Waals surface area contributed by atoms with E-state index in [9.17, 15) is 18.7 Å². The van der Waals surface area contributed by atoms with Gasteiger partial charge in [0.05, 0.1) is 18.7 Å². The smallest absolute Gasteiger partial charge is 0.260 e. The number of likely N-dealkylation sites (tertiary alicyclic amines) is 1. The van der Waals surface area contributed by atoms with Gasteiger partial charge in [0.2, 0.25) is 0 Å². The first-order valence-corrected chi connectivity index (χ1v) is 4.86. The molecular weight excluding hydrogens is 216 g/mol. The van der Waals surface area contributed by atoms with Crippen molar-refractivity contribution >= 4 is 5.91 Å². The van der Waals surface area contributed by atoms with Crippen LogP contribution < -0.4 is 0 Å². The number of carbonyl (C=O) groups excluding carboxylic acids is 1. The number of nitrogens with zero attached hydrogens (tertiary/aromatic N) is 1. The van der Waals surface area contributed by atoms with E-state index in [2.05, 4.69) is 0 Å². The Bertz CT molecular complexity index is 417. The summed E-state index contributed by atoms with van der Waals surface area (Å²) in [5.74, 6) is -2.48. The maximum absolute atomic E-state index is 13.3. The summed E-state index contributed by atoms with van der Waals surface area (Å²) in [5, 5.41) is 9.44. The first-order chi connectivity index (χ1) is 7.41. The second kappa shape index (κ2) is 3.52. The van der Waals surface area contributed by atoms with E-state index < -0.39 is 28.7 Å². The highest BCUT2D eigenvalue weighted by Crippen LogP contribution is 2.24. The van der Waals surface area contributed by atoms with Gasteiger partial charge in [-0.2, -0.15) is 0 Å². The first kappa shape index (κ1) is 11.0. The largest absolute Gasteiger partial charge is 0.386 e. The van der Waals surface area contributed by atoms with Crippen molar-refractivity contribution in [1.82, 2.24) is 4.90 Å². The summed E-state index contributed by atoms with van der Waals surface area (Å²) in [6.45, 7) is 1.76. The summed E-state index contributed by atoms with van der Waals surface area (Å²) in [6, 6.07) is 3.27. The summed E-state index contributed by atoms with van der Waals surface area (Å²) in [7, 11) is 0. The lowest BCUT2D eigenvalue weighted by Gasteiger charge is -2.44. The summed E-state index contributed by atoms with van der Waals surface area (Å²) in [5.41, 5.74) is -1.50. The fourth-order valence-corrected chi connectivity index (χ4v) is 1.78. The molecule has 2 rings (SSSR count). The van der Waals surface area contributed by atoms with Gasteiger partial charge in [0, 0.05) is 0 Å². The molecule has 0 radical (unpaired) electrons. The fourth-order valence-electron chi connectivity index (χ4n) is 1.78. The SMILES string of the molecule is CC1(O)CN(C(=O)c2c(F)cccc2F)C1. The van der Waals surface area contributed by atoms with E-state index in [-0.39, 0.29) is 13.1 Å². The molecule has 86 valence electrons. The Labute approximate surface area is 91.3 Å². The van der Waals surface area contributed by atoms with Gasteiger partial charge in [0.25, 0.3) is 5.91 Å². The molecule has 1 aromatic rings. The summed E-state index contributed by atoms with van der Waals surface area (Å²) in [6.07, 6.45) is 0. The van der Waals surface area contributed by atoms with Crippen molar-refractivity contribution in [2.45, 2.75) is 12.5 Å². The zero-order chi connectivity index (χ0) is 11.9. The molecule has 1 saturated heterocycles. The van der Waals surface area contributed by atoms with Crippen LogP contribution in [0.2, 0.25) is 0 Å². The number of hydrogen-bond acceptors (Lipinski definition) is 2. The van der Waals surface area contributed by atoms with E-state index in [4.69, 9.17) is 0 Å². The molecule has 1 aliphatic rings. The summed E-state index contributed by atoms with van der Waals surface area (Å²) >= 11 is 0. The van der Waals surface area contributed by atoms with Crippen LogP contribution in [0.3, 0.4) is 0 Å². The average Bonchev–Trinajstić information content (AvgIpc) is 2.13. The monoisotopic (exact) mass is 227 g/mol. The Balaban J connectivity index is 2.23. The lowest BCUT2D eigenvalue weighted by Crippen LogP contribution is -2.61. The van der Waals surface area contributed by atoms with Crippen molar-refractivity contribution in [3.05, 3.63) is 35.4 Å². The van der Waals surface area contributed by atoms with Crippen molar-refractivity contribution < 1.29 is 18.7 Å². The molecular formula is C11H11F2NO2. The molecule has 0 unspecified atom stereocenters. The molecule has 0 bridgehead atoms. The highest BCUT2D eigenvalue weighted by molar-refractivity contribution is 5.95. The number of aliphatic hydroxyl groups is 1. The summed E-state index contributed by atoms with van der Waals surface area (Å²) < 4.78 is 26.5. The number of amides is 1. The van der Waals surface area contributed by atoms with Crippen molar-refractivity contribution in [2.24, 2.45) is 0 Å². The third-order valence-corrected chi connectivity index (χ3v) is 2.53. The van der Waals surface area contributed by atoms with Crippen LogP contribution in [-0.4, -0.2) is 34.6 Å². The first-order valence-electron chi connectivity index (χ1n) is 4.86. The van der Waals surface area contributed by atoms with Gasteiger partial charge in [-0.1, -0.05) is 6.07 Å². The van der Waals surface area contributed by atoms with Gasteiger partial charge in [-0.15, -0.1) is 0 Å². The van der Waals surface area contributed by atoms with Gasteiger partial charge < -0.3 is 10.0 Å². The van der Waals surface area contributed by atoms with E-state index in [0.717, 1.165) is 12.1 Å². The Kier molecular flexibility index (Phi) is 2.42. The van der Waals surface area contributed by atoms with Crippen LogP contribution in [0, 0.1) is 11.6 Å². The highest BCUT2D eigenvalue weighted by Gasteiger charge is 2.40. The van der Waals surface area contributed by atoms with Crippen LogP contribution in [0.4, 0.5) is 8.78 Å². The topological polar surface area (TPSA) is 40.5 Å². The van der Waals surface area contributed by atoms with Crippen LogP contribution in [-0.2, 0) is 0 Å². The predicted octanol–water partition coefficient (Wildman–Crippen LogP) is 1.17. The maximum atomic E-state index is 13.3. The van der Waals surface area contributed by atoms with E-state index in [0.29, 0.717) is 0 Å². The van der Waals surface area contributed by atoms with Crippen LogP contribution in [0.25, 0.3) is 0 Å². The van der Waals surface area contributed by atoms with Crippen LogP contribution in [0.5, 0.6) is 0 Å².